The van der Waals surface area contributed by atoms with Crippen molar-refractivity contribution >= 4 is 0 Å². The fraction of sp³-hybridized carbons (Fsp3) is 1.00. The third-order valence-corrected chi connectivity index (χ3v) is 3.36. The second-order valence-corrected chi connectivity index (χ2v) is 4.29. The average molecular weight is 213 g/mol. The standard InChI is InChI=1S/C10H23N5/c11-9-10(14-5-1-12-2-6-14)15-7-3-13-4-8-15/h10,12-13H,1-9,11H2. The Labute approximate surface area is 92.0 Å². The average Bonchev–Trinajstić information content (AvgIpc) is 2.33. The number of nitrogens with zero attached hydrogens (tertiary/aromatic N) is 2. The van der Waals surface area contributed by atoms with Gasteiger partial charge in [0.25, 0.3) is 0 Å². The molecule has 0 unspecified atom stereocenters. The fourth-order valence-corrected chi connectivity index (χ4v) is 2.49. The van der Waals surface area contributed by atoms with E-state index in [2.05, 4.69) is 20.4 Å². The first-order chi connectivity index (χ1) is 7.42. The SMILES string of the molecule is NCC(N1CCNCC1)N1CCNCC1. The highest BCUT2D eigenvalue weighted by molar-refractivity contribution is 4.81. The van der Waals surface area contributed by atoms with Gasteiger partial charge >= 0.3 is 0 Å². The van der Waals surface area contributed by atoms with Gasteiger partial charge < -0.3 is 16.4 Å². The Bertz CT molecular complexity index is 157. The normalized spacial score (nSPS) is 26.0. The van der Waals surface area contributed by atoms with Gasteiger partial charge in [0.1, 0.15) is 0 Å². The maximum Gasteiger partial charge on any atom is 0.0750 e. The molecular formula is C10H23N5. The van der Waals surface area contributed by atoms with Gasteiger partial charge in [0.15, 0.2) is 0 Å². The minimum Gasteiger partial charge on any atom is -0.328 e. The highest BCUT2D eigenvalue weighted by Crippen LogP contribution is 2.07. The minimum atomic E-state index is 0.453. The van der Waals surface area contributed by atoms with Gasteiger partial charge in [-0.2, -0.15) is 0 Å². The molecule has 2 heterocycles. The molecule has 4 N–H and O–H groups in total. The zero-order chi connectivity index (χ0) is 10.5. The zero-order valence-corrected chi connectivity index (χ0v) is 9.41. The van der Waals surface area contributed by atoms with Gasteiger partial charge in [0.2, 0.25) is 0 Å². The first kappa shape index (κ1) is 11.3. The van der Waals surface area contributed by atoms with Gasteiger partial charge in [-0.15, -0.1) is 0 Å². The van der Waals surface area contributed by atoms with Crippen LogP contribution in [0.15, 0.2) is 0 Å². The van der Waals surface area contributed by atoms with E-state index < -0.39 is 0 Å². The Morgan fingerprint density at radius 3 is 1.60 bits per heavy atom. The maximum absolute atomic E-state index is 5.91. The smallest absolute Gasteiger partial charge is 0.0750 e. The topological polar surface area (TPSA) is 56.6 Å². The van der Waals surface area contributed by atoms with Crippen molar-refractivity contribution in [3.05, 3.63) is 0 Å². The lowest BCUT2D eigenvalue weighted by molar-refractivity contribution is 0.0315. The summed E-state index contributed by atoms with van der Waals surface area (Å²) in [5.41, 5.74) is 5.91. The molecule has 0 radical (unpaired) electrons. The Hall–Kier alpha value is -0.200. The number of rotatable bonds is 3. The van der Waals surface area contributed by atoms with Gasteiger partial charge in [-0.25, -0.2) is 0 Å². The van der Waals surface area contributed by atoms with Crippen molar-refractivity contribution in [1.29, 1.82) is 0 Å². The van der Waals surface area contributed by atoms with Crippen LogP contribution in [0.1, 0.15) is 0 Å². The molecule has 0 spiro atoms. The van der Waals surface area contributed by atoms with Crippen LogP contribution in [0.2, 0.25) is 0 Å². The van der Waals surface area contributed by atoms with Crippen LogP contribution in [0.3, 0.4) is 0 Å². The summed E-state index contributed by atoms with van der Waals surface area (Å²) in [5.74, 6) is 0. The van der Waals surface area contributed by atoms with E-state index in [4.69, 9.17) is 5.73 Å². The van der Waals surface area contributed by atoms with Crippen LogP contribution >= 0.6 is 0 Å². The quantitative estimate of drug-likeness (QED) is 0.510. The van der Waals surface area contributed by atoms with Gasteiger partial charge in [-0.1, -0.05) is 0 Å². The van der Waals surface area contributed by atoms with Crippen LogP contribution in [0.25, 0.3) is 0 Å². The summed E-state index contributed by atoms with van der Waals surface area (Å²) >= 11 is 0. The number of hydrogen-bond donors (Lipinski definition) is 3. The van der Waals surface area contributed by atoms with Crippen LogP contribution in [0.5, 0.6) is 0 Å². The van der Waals surface area contributed by atoms with E-state index in [0.717, 1.165) is 58.9 Å². The lowest BCUT2D eigenvalue weighted by atomic mass is 10.2. The molecule has 2 aliphatic heterocycles. The summed E-state index contributed by atoms with van der Waals surface area (Å²) in [5, 5.41) is 6.77. The van der Waals surface area contributed by atoms with Crippen molar-refractivity contribution in [2.75, 3.05) is 58.9 Å². The molecule has 0 aromatic rings. The molecule has 0 bridgehead atoms. The molecule has 2 fully saturated rings. The highest BCUT2D eigenvalue weighted by Gasteiger charge is 2.25. The van der Waals surface area contributed by atoms with E-state index in [1.807, 2.05) is 0 Å². The van der Waals surface area contributed by atoms with E-state index in [9.17, 15) is 0 Å². The lowest BCUT2D eigenvalue weighted by Gasteiger charge is -2.42. The van der Waals surface area contributed by atoms with E-state index in [0.29, 0.717) is 6.17 Å². The highest BCUT2D eigenvalue weighted by atomic mass is 15.4. The monoisotopic (exact) mass is 213 g/mol. The Kier molecular flexibility index (Phi) is 4.34. The Morgan fingerprint density at radius 2 is 1.27 bits per heavy atom. The molecule has 15 heavy (non-hydrogen) atoms. The fourth-order valence-electron chi connectivity index (χ4n) is 2.49. The first-order valence-corrected chi connectivity index (χ1v) is 6.01. The molecular weight excluding hydrogens is 190 g/mol. The Balaban J connectivity index is 1.88. The van der Waals surface area contributed by atoms with Gasteiger partial charge in [-0.05, 0) is 0 Å². The Morgan fingerprint density at radius 1 is 0.867 bits per heavy atom. The van der Waals surface area contributed by atoms with Gasteiger partial charge in [0.05, 0.1) is 6.17 Å². The van der Waals surface area contributed by atoms with E-state index in [1.54, 1.807) is 0 Å². The summed E-state index contributed by atoms with van der Waals surface area (Å²) < 4.78 is 0. The van der Waals surface area contributed by atoms with Crippen LogP contribution < -0.4 is 16.4 Å². The third-order valence-electron chi connectivity index (χ3n) is 3.36. The van der Waals surface area contributed by atoms with Gasteiger partial charge in [0, 0.05) is 58.9 Å². The first-order valence-electron chi connectivity index (χ1n) is 6.01. The molecule has 5 nitrogen and oxygen atoms in total. The summed E-state index contributed by atoms with van der Waals surface area (Å²) in [7, 11) is 0. The molecule has 0 atom stereocenters. The summed E-state index contributed by atoms with van der Waals surface area (Å²) in [6.07, 6.45) is 0.453. The van der Waals surface area contributed by atoms with E-state index in [-0.39, 0.29) is 0 Å². The van der Waals surface area contributed by atoms with Crippen molar-refractivity contribution < 1.29 is 0 Å². The summed E-state index contributed by atoms with van der Waals surface area (Å²) in [4.78, 5) is 5.03. The second-order valence-electron chi connectivity index (χ2n) is 4.29. The molecule has 2 aliphatic rings. The lowest BCUT2D eigenvalue weighted by Crippen LogP contribution is -2.61. The zero-order valence-electron chi connectivity index (χ0n) is 9.41. The third kappa shape index (κ3) is 2.89. The number of nitrogens with one attached hydrogen (secondary N) is 2. The van der Waals surface area contributed by atoms with Crippen molar-refractivity contribution in [3.8, 4) is 0 Å². The van der Waals surface area contributed by atoms with Gasteiger partial charge in [-0.3, -0.25) is 9.80 Å². The number of nitrogens with two attached hydrogens (primary N) is 1. The second kappa shape index (κ2) is 5.77. The molecule has 2 saturated heterocycles. The predicted molar refractivity (Wildman–Crippen MR) is 61.7 cm³/mol. The minimum absolute atomic E-state index is 0.453. The molecule has 2 rings (SSSR count). The van der Waals surface area contributed by atoms with Crippen molar-refractivity contribution in [2.45, 2.75) is 6.17 Å². The summed E-state index contributed by atoms with van der Waals surface area (Å²) in [6.45, 7) is 9.67. The van der Waals surface area contributed by atoms with Crippen molar-refractivity contribution in [2.24, 2.45) is 5.73 Å². The van der Waals surface area contributed by atoms with E-state index >= 15 is 0 Å². The summed E-state index contributed by atoms with van der Waals surface area (Å²) in [6, 6.07) is 0. The van der Waals surface area contributed by atoms with Crippen molar-refractivity contribution in [1.82, 2.24) is 20.4 Å². The van der Waals surface area contributed by atoms with Crippen molar-refractivity contribution in [3.63, 3.8) is 0 Å². The number of hydrogen-bond acceptors (Lipinski definition) is 5. The predicted octanol–water partition coefficient (Wildman–Crippen LogP) is -1.92. The van der Waals surface area contributed by atoms with Crippen LogP contribution in [-0.4, -0.2) is 74.9 Å². The molecule has 0 aromatic carbocycles. The molecule has 0 aliphatic carbocycles. The molecule has 0 aromatic heterocycles. The molecule has 0 saturated carbocycles. The van der Waals surface area contributed by atoms with E-state index in [1.165, 1.54) is 0 Å². The van der Waals surface area contributed by atoms with Crippen LogP contribution in [0, 0.1) is 0 Å². The van der Waals surface area contributed by atoms with Crippen LogP contribution in [0.4, 0.5) is 0 Å². The molecule has 0 amide bonds. The largest absolute Gasteiger partial charge is 0.328 e. The number of piperazine rings is 2. The maximum atomic E-state index is 5.91. The molecule has 5 heteroatoms. The van der Waals surface area contributed by atoms with Crippen LogP contribution in [-0.2, 0) is 0 Å². The molecule has 88 valence electrons.